The molecule has 5 nitrogen and oxygen atoms in total. The fourth-order valence-electron chi connectivity index (χ4n) is 2.42. The van der Waals surface area contributed by atoms with Crippen molar-refractivity contribution in [2.75, 3.05) is 36.8 Å². The van der Waals surface area contributed by atoms with Gasteiger partial charge in [0.2, 0.25) is 5.95 Å². The van der Waals surface area contributed by atoms with Gasteiger partial charge in [0.25, 0.3) is 0 Å². The van der Waals surface area contributed by atoms with Crippen LogP contribution in [0.3, 0.4) is 0 Å². The lowest BCUT2D eigenvalue weighted by Crippen LogP contribution is -2.33. The number of aromatic nitrogens is 2. The minimum atomic E-state index is 0.319. The van der Waals surface area contributed by atoms with Crippen molar-refractivity contribution in [2.24, 2.45) is 0 Å². The molecule has 6 heteroatoms. The Morgan fingerprint density at radius 3 is 2.85 bits per heavy atom. The lowest BCUT2D eigenvalue weighted by Gasteiger charge is -2.22. The minimum absolute atomic E-state index is 0.319. The van der Waals surface area contributed by atoms with Gasteiger partial charge in [-0.2, -0.15) is 4.98 Å². The first-order valence-corrected chi connectivity index (χ1v) is 7.82. The molecular formula is C14H24ClN5. The molecule has 1 atom stereocenters. The number of rotatable bonds is 7. The maximum atomic E-state index is 6.16. The topological polar surface area (TPSA) is 53.1 Å². The molecule has 0 saturated carbocycles. The molecule has 0 aliphatic carbocycles. The van der Waals surface area contributed by atoms with E-state index in [1.54, 1.807) is 6.20 Å². The second-order valence-electron chi connectivity index (χ2n) is 5.37. The minimum Gasteiger partial charge on any atom is -0.365 e. The molecule has 0 spiro atoms. The number of nitrogens with zero attached hydrogens (tertiary/aromatic N) is 3. The van der Waals surface area contributed by atoms with E-state index < -0.39 is 0 Å². The van der Waals surface area contributed by atoms with E-state index in [1.165, 1.54) is 25.9 Å². The molecule has 112 valence electrons. The van der Waals surface area contributed by atoms with Gasteiger partial charge in [-0.15, -0.1) is 0 Å². The van der Waals surface area contributed by atoms with Crippen LogP contribution in [0.2, 0.25) is 5.02 Å². The van der Waals surface area contributed by atoms with Crippen LogP contribution < -0.4 is 10.6 Å². The first-order valence-electron chi connectivity index (χ1n) is 7.44. The average molecular weight is 298 g/mol. The maximum absolute atomic E-state index is 6.16. The SMILES string of the molecule is CCCNc1ncc(Cl)c(NC(C)CN2CCCC2)n1. The summed E-state index contributed by atoms with van der Waals surface area (Å²) >= 11 is 6.16. The quantitative estimate of drug-likeness (QED) is 0.810. The monoisotopic (exact) mass is 297 g/mol. The van der Waals surface area contributed by atoms with E-state index in [2.05, 4.69) is 39.3 Å². The predicted molar refractivity (Wildman–Crippen MR) is 84.6 cm³/mol. The van der Waals surface area contributed by atoms with E-state index in [9.17, 15) is 0 Å². The predicted octanol–water partition coefficient (Wildman–Crippen LogP) is 2.85. The van der Waals surface area contributed by atoms with E-state index in [0.717, 1.165) is 19.5 Å². The molecule has 1 aliphatic rings. The van der Waals surface area contributed by atoms with Crippen molar-refractivity contribution in [3.8, 4) is 0 Å². The molecule has 1 saturated heterocycles. The Labute approximate surface area is 126 Å². The average Bonchev–Trinajstić information content (AvgIpc) is 2.92. The van der Waals surface area contributed by atoms with Gasteiger partial charge in [0.15, 0.2) is 5.82 Å². The third-order valence-corrected chi connectivity index (χ3v) is 3.67. The van der Waals surface area contributed by atoms with Gasteiger partial charge >= 0.3 is 0 Å². The van der Waals surface area contributed by atoms with E-state index in [4.69, 9.17) is 11.6 Å². The first-order chi connectivity index (χ1) is 9.69. The van der Waals surface area contributed by atoms with Gasteiger partial charge < -0.3 is 15.5 Å². The van der Waals surface area contributed by atoms with E-state index in [-0.39, 0.29) is 0 Å². The highest BCUT2D eigenvalue weighted by molar-refractivity contribution is 6.32. The highest BCUT2D eigenvalue weighted by Gasteiger charge is 2.15. The summed E-state index contributed by atoms with van der Waals surface area (Å²) < 4.78 is 0. The van der Waals surface area contributed by atoms with Gasteiger partial charge in [-0.3, -0.25) is 0 Å². The molecule has 1 aliphatic heterocycles. The summed E-state index contributed by atoms with van der Waals surface area (Å²) in [5, 5.41) is 7.14. The van der Waals surface area contributed by atoms with Gasteiger partial charge in [-0.1, -0.05) is 18.5 Å². The molecule has 0 aromatic carbocycles. The van der Waals surface area contributed by atoms with Crippen LogP contribution in [0, 0.1) is 0 Å². The van der Waals surface area contributed by atoms with Crippen LogP contribution in [-0.4, -0.2) is 47.1 Å². The van der Waals surface area contributed by atoms with E-state index >= 15 is 0 Å². The van der Waals surface area contributed by atoms with Crippen LogP contribution in [0.5, 0.6) is 0 Å². The Kier molecular flexibility index (Phi) is 5.86. The van der Waals surface area contributed by atoms with Crippen molar-refractivity contribution in [1.29, 1.82) is 0 Å². The third-order valence-electron chi connectivity index (χ3n) is 3.39. The molecule has 1 fully saturated rings. The Morgan fingerprint density at radius 2 is 2.15 bits per heavy atom. The molecule has 0 bridgehead atoms. The van der Waals surface area contributed by atoms with Crippen LogP contribution in [0.4, 0.5) is 11.8 Å². The van der Waals surface area contributed by atoms with Crippen molar-refractivity contribution in [3.05, 3.63) is 11.2 Å². The molecule has 2 heterocycles. The maximum Gasteiger partial charge on any atom is 0.224 e. The van der Waals surface area contributed by atoms with E-state index in [0.29, 0.717) is 22.8 Å². The first kappa shape index (κ1) is 15.3. The molecular weight excluding hydrogens is 274 g/mol. The van der Waals surface area contributed by atoms with Gasteiger partial charge in [-0.05, 0) is 39.3 Å². The second kappa shape index (κ2) is 7.64. The van der Waals surface area contributed by atoms with Gasteiger partial charge in [-0.25, -0.2) is 4.98 Å². The summed E-state index contributed by atoms with van der Waals surface area (Å²) in [6.45, 7) is 8.57. The number of nitrogens with one attached hydrogen (secondary N) is 2. The van der Waals surface area contributed by atoms with Gasteiger partial charge in [0, 0.05) is 19.1 Å². The highest BCUT2D eigenvalue weighted by atomic mass is 35.5. The summed E-state index contributed by atoms with van der Waals surface area (Å²) in [7, 11) is 0. The van der Waals surface area contributed by atoms with Crippen LogP contribution in [-0.2, 0) is 0 Å². The zero-order valence-corrected chi connectivity index (χ0v) is 13.1. The number of halogens is 1. The van der Waals surface area contributed by atoms with Crippen molar-refractivity contribution in [1.82, 2.24) is 14.9 Å². The molecule has 1 aromatic heterocycles. The van der Waals surface area contributed by atoms with Crippen molar-refractivity contribution in [2.45, 2.75) is 39.2 Å². The number of hydrogen-bond donors (Lipinski definition) is 2. The summed E-state index contributed by atoms with van der Waals surface area (Å²) in [4.78, 5) is 11.1. The zero-order chi connectivity index (χ0) is 14.4. The zero-order valence-electron chi connectivity index (χ0n) is 12.3. The van der Waals surface area contributed by atoms with Crippen LogP contribution in [0.25, 0.3) is 0 Å². The standard InChI is InChI=1S/C14H24ClN5/c1-3-6-16-14-17-9-12(15)13(19-14)18-11(2)10-20-7-4-5-8-20/h9,11H,3-8,10H2,1-2H3,(H2,16,17,18,19). The molecule has 1 unspecified atom stereocenters. The molecule has 2 N–H and O–H groups in total. The number of likely N-dealkylation sites (tertiary alicyclic amines) is 1. The summed E-state index contributed by atoms with van der Waals surface area (Å²) in [5.41, 5.74) is 0. The molecule has 2 rings (SSSR count). The highest BCUT2D eigenvalue weighted by Crippen LogP contribution is 2.20. The Hall–Kier alpha value is -1.07. The molecule has 20 heavy (non-hydrogen) atoms. The second-order valence-corrected chi connectivity index (χ2v) is 5.78. The number of hydrogen-bond acceptors (Lipinski definition) is 5. The Bertz CT molecular complexity index is 420. The molecule has 0 amide bonds. The summed E-state index contributed by atoms with van der Waals surface area (Å²) in [6, 6.07) is 0.319. The van der Waals surface area contributed by atoms with Crippen molar-refractivity contribution in [3.63, 3.8) is 0 Å². The summed E-state index contributed by atoms with van der Waals surface area (Å²) in [6.07, 6.45) is 5.32. The van der Waals surface area contributed by atoms with Gasteiger partial charge in [0.05, 0.1) is 6.20 Å². The lowest BCUT2D eigenvalue weighted by atomic mass is 10.3. The van der Waals surface area contributed by atoms with E-state index in [1.807, 2.05) is 0 Å². The van der Waals surface area contributed by atoms with Crippen molar-refractivity contribution >= 4 is 23.4 Å². The number of anilines is 2. The smallest absolute Gasteiger partial charge is 0.224 e. The van der Waals surface area contributed by atoms with Crippen LogP contribution in [0.15, 0.2) is 6.20 Å². The Morgan fingerprint density at radius 1 is 1.40 bits per heavy atom. The Balaban J connectivity index is 1.92. The third kappa shape index (κ3) is 4.49. The van der Waals surface area contributed by atoms with Crippen molar-refractivity contribution < 1.29 is 0 Å². The largest absolute Gasteiger partial charge is 0.365 e. The molecule has 1 aromatic rings. The fourth-order valence-corrected chi connectivity index (χ4v) is 2.57. The van der Waals surface area contributed by atoms with Crippen LogP contribution >= 0.6 is 11.6 Å². The van der Waals surface area contributed by atoms with Gasteiger partial charge in [0.1, 0.15) is 5.02 Å². The summed E-state index contributed by atoms with van der Waals surface area (Å²) in [5.74, 6) is 1.35. The normalized spacial score (nSPS) is 17.1. The fraction of sp³-hybridized carbons (Fsp3) is 0.714. The molecule has 0 radical (unpaired) electrons. The van der Waals surface area contributed by atoms with Crippen LogP contribution in [0.1, 0.15) is 33.1 Å². The lowest BCUT2D eigenvalue weighted by molar-refractivity contribution is 0.327.